The highest BCUT2D eigenvalue weighted by Crippen LogP contribution is 2.18. The van der Waals surface area contributed by atoms with Crippen LogP contribution in [0, 0.1) is 6.92 Å². The van der Waals surface area contributed by atoms with E-state index in [1.54, 1.807) is 18.6 Å². The van der Waals surface area contributed by atoms with E-state index in [1.165, 1.54) is 0 Å². The van der Waals surface area contributed by atoms with Gasteiger partial charge < -0.3 is 15.5 Å². The van der Waals surface area contributed by atoms with Crippen molar-refractivity contribution in [1.82, 2.24) is 15.0 Å². The first kappa shape index (κ1) is 17.5. The van der Waals surface area contributed by atoms with E-state index in [-0.39, 0.29) is 5.91 Å². The number of amides is 1. The second kappa shape index (κ2) is 8.66. The molecule has 25 heavy (non-hydrogen) atoms. The number of thioether (sulfide) groups is 1. The maximum absolute atomic E-state index is 12.0. The molecule has 0 aliphatic carbocycles. The second-order valence-electron chi connectivity index (χ2n) is 5.81. The van der Waals surface area contributed by atoms with Gasteiger partial charge in [-0.15, -0.1) is 0 Å². The number of carbonyl (C=O) groups is 1. The fourth-order valence-electron chi connectivity index (χ4n) is 2.46. The molecule has 0 saturated carbocycles. The van der Waals surface area contributed by atoms with Gasteiger partial charge >= 0.3 is 0 Å². The summed E-state index contributed by atoms with van der Waals surface area (Å²) in [6.45, 7) is 4.48. The van der Waals surface area contributed by atoms with E-state index in [2.05, 4.69) is 30.5 Å². The van der Waals surface area contributed by atoms with Crippen LogP contribution in [0.2, 0.25) is 0 Å². The van der Waals surface area contributed by atoms with Gasteiger partial charge in [0.05, 0.1) is 0 Å². The summed E-state index contributed by atoms with van der Waals surface area (Å²) in [6, 6.07) is 5.66. The lowest BCUT2D eigenvalue weighted by Gasteiger charge is -2.27. The van der Waals surface area contributed by atoms with Crippen LogP contribution in [-0.2, 0) is 4.79 Å². The molecule has 8 heteroatoms. The maximum atomic E-state index is 12.0. The molecule has 132 valence electrons. The Hall–Kier alpha value is -2.35. The van der Waals surface area contributed by atoms with Crippen LogP contribution in [0.15, 0.2) is 30.7 Å². The van der Waals surface area contributed by atoms with Crippen LogP contribution in [0.5, 0.6) is 0 Å². The van der Waals surface area contributed by atoms with Gasteiger partial charge in [0.1, 0.15) is 23.8 Å². The molecule has 0 unspecified atom stereocenters. The van der Waals surface area contributed by atoms with Crippen LogP contribution in [0.4, 0.5) is 17.5 Å². The Labute approximate surface area is 151 Å². The van der Waals surface area contributed by atoms with Gasteiger partial charge in [0.2, 0.25) is 5.91 Å². The van der Waals surface area contributed by atoms with Gasteiger partial charge in [-0.05, 0) is 18.6 Å². The summed E-state index contributed by atoms with van der Waals surface area (Å²) in [4.78, 5) is 27.0. The molecule has 1 amide bonds. The van der Waals surface area contributed by atoms with Crippen LogP contribution in [0.3, 0.4) is 0 Å². The third-order valence-corrected chi connectivity index (χ3v) is 4.77. The minimum Gasteiger partial charge on any atom is -0.369 e. The van der Waals surface area contributed by atoms with Crippen molar-refractivity contribution in [2.45, 2.75) is 13.3 Å². The standard InChI is InChI=1S/C17H22N6OS/c1-13-2-3-14(19-11-13)22-17(24)4-5-18-15-10-16(21-12-20-15)23-6-8-25-9-7-23/h2-3,10-12H,4-9H2,1H3,(H,18,20,21)(H,19,22,24). The van der Waals surface area contributed by atoms with Crippen LogP contribution in [-0.4, -0.2) is 52.0 Å². The van der Waals surface area contributed by atoms with Crippen molar-refractivity contribution >= 4 is 35.1 Å². The van der Waals surface area contributed by atoms with E-state index in [9.17, 15) is 4.79 Å². The van der Waals surface area contributed by atoms with Gasteiger partial charge in [-0.1, -0.05) is 6.07 Å². The van der Waals surface area contributed by atoms with Crippen molar-refractivity contribution in [2.24, 2.45) is 0 Å². The van der Waals surface area contributed by atoms with Crippen LogP contribution >= 0.6 is 11.8 Å². The van der Waals surface area contributed by atoms with Gasteiger partial charge in [0, 0.05) is 49.8 Å². The average molecular weight is 358 g/mol. The Morgan fingerprint density at radius 2 is 2.04 bits per heavy atom. The van der Waals surface area contributed by atoms with Gasteiger partial charge in [0.15, 0.2) is 0 Å². The van der Waals surface area contributed by atoms with Crippen molar-refractivity contribution in [3.8, 4) is 0 Å². The number of nitrogens with zero attached hydrogens (tertiary/aromatic N) is 4. The van der Waals surface area contributed by atoms with E-state index in [1.807, 2.05) is 30.8 Å². The van der Waals surface area contributed by atoms with E-state index in [0.29, 0.717) is 18.8 Å². The Kier molecular flexibility index (Phi) is 6.05. The van der Waals surface area contributed by atoms with Gasteiger partial charge in [-0.3, -0.25) is 4.79 Å². The zero-order valence-electron chi connectivity index (χ0n) is 14.2. The zero-order chi connectivity index (χ0) is 17.5. The number of rotatable bonds is 6. The molecule has 1 aliphatic rings. The van der Waals surface area contributed by atoms with Crippen LogP contribution < -0.4 is 15.5 Å². The fraction of sp³-hybridized carbons (Fsp3) is 0.412. The highest BCUT2D eigenvalue weighted by atomic mass is 32.2. The van der Waals surface area contributed by atoms with Gasteiger partial charge in [-0.2, -0.15) is 11.8 Å². The summed E-state index contributed by atoms with van der Waals surface area (Å²) in [7, 11) is 0. The first-order valence-corrected chi connectivity index (χ1v) is 9.47. The van der Waals surface area contributed by atoms with Crippen LogP contribution in [0.25, 0.3) is 0 Å². The highest BCUT2D eigenvalue weighted by molar-refractivity contribution is 7.99. The van der Waals surface area contributed by atoms with Crippen molar-refractivity contribution < 1.29 is 4.79 Å². The third-order valence-electron chi connectivity index (χ3n) is 3.82. The average Bonchev–Trinajstić information content (AvgIpc) is 2.65. The number of hydrogen-bond acceptors (Lipinski definition) is 7. The summed E-state index contributed by atoms with van der Waals surface area (Å²) in [6.07, 6.45) is 3.64. The van der Waals surface area contributed by atoms with Gasteiger partial charge in [0.25, 0.3) is 0 Å². The number of nitrogens with one attached hydrogen (secondary N) is 2. The lowest BCUT2D eigenvalue weighted by atomic mass is 10.3. The van der Waals surface area contributed by atoms with E-state index >= 15 is 0 Å². The number of hydrogen-bond donors (Lipinski definition) is 2. The molecule has 3 heterocycles. The molecule has 7 nitrogen and oxygen atoms in total. The normalized spacial score (nSPS) is 14.2. The predicted molar refractivity (Wildman–Crippen MR) is 102 cm³/mol. The fourth-order valence-corrected chi connectivity index (χ4v) is 3.36. The van der Waals surface area contributed by atoms with E-state index in [4.69, 9.17) is 0 Å². The second-order valence-corrected chi connectivity index (χ2v) is 7.03. The summed E-state index contributed by atoms with van der Waals surface area (Å²) < 4.78 is 0. The lowest BCUT2D eigenvalue weighted by Crippen LogP contribution is -2.33. The molecule has 0 aromatic carbocycles. The Balaban J connectivity index is 1.46. The first-order chi connectivity index (χ1) is 12.2. The number of pyridine rings is 1. The minimum atomic E-state index is -0.0776. The molecular weight excluding hydrogens is 336 g/mol. The minimum absolute atomic E-state index is 0.0776. The molecule has 2 aromatic rings. The Bertz CT molecular complexity index is 703. The predicted octanol–water partition coefficient (Wildman–Crippen LogP) is 2.17. The van der Waals surface area contributed by atoms with E-state index < -0.39 is 0 Å². The van der Waals surface area contributed by atoms with Crippen molar-refractivity contribution in [3.05, 3.63) is 36.3 Å². The quantitative estimate of drug-likeness (QED) is 0.819. The topological polar surface area (TPSA) is 83.0 Å². The third kappa shape index (κ3) is 5.32. The Morgan fingerprint density at radius 1 is 1.20 bits per heavy atom. The molecule has 0 atom stereocenters. The molecule has 1 saturated heterocycles. The Morgan fingerprint density at radius 3 is 2.80 bits per heavy atom. The lowest BCUT2D eigenvalue weighted by molar-refractivity contribution is -0.116. The summed E-state index contributed by atoms with van der Waals surface area (Å²) in [5, 5.41) is 5.97. The monoisotopic (exact) mass is 358 g/mol. The molecule has 0 bridgehead atoms. The smallest absolute Gasteiger partial charge is 0.227 e. The number of anilines is 3. The zero-order valence-corrected chi connectivity index (χ0v) is 15.1. The largest absolute Gasteiger partial charge is 0.369 e. The molecule has 1 aliphatic heterocycles. The molecule has 2 aromatic heterocycles. The van der Waals surface area contributed by atoms with E-state index in [0.717, 1.165) is 41.8 Å². The summed E-state index contributed by atoms with van der Waals surface area (Å²) in [5.41, 5.74) is 1.06. The number of aromatic nitrogens is 3. The number of aryl methyl sites for hydroxylation is 1. The molecule has 2 N–H and O–H groups in total. The molecule has 3 rings (SSSR count). The maximum Gasteiger partial charge on any atom is 0.227 e. The van der Waals surface area contributed by atoms with Gasteiger partial charge in [-0.25, -0.2) is 15.0 Å². The van der Waals surface area contributed by atoms with Crippen molar-refractivity contribution in [3.63, 3.8) is 0 Å². The molecular formula is C17H22N6OS. The molecule has 0 radical (unpaired) electrons. The molecule has 1 fully saturated rings. The molecule has 0 spiro atoms. The highest BCUT2D eigenvalue weighted by Gasteiger charge is 2.13. The van der Waals surface area contributed by atoms with Crippen LogP contribution in [0.1, 0.15) is 12.0 Å². The SMILES string of the molecule is Cc1ccc(NC(=O)CCNc2cc(N3CCSCC3)ncn2)nc1. The summed E-state index contributed by atoms with van der Waals surface area (Å²) >= 11 is 1.97. The van der Waals surface area contributed by atoms with Crippen molar-refractivity contribution in [1.29, 1.82) is 0 Å². The number of carbonyl (C=O) groups excluding carboxylic acids is 1. The summed E-state index contributed by atoms with van der Waals surface area (Å²) in [5.74, 6) is 4.42. The van der Waals surface area contributed by atoms with Crippen molar-refractivity contribution in [2.75, 3.05) is 46.7 Å². The first-order valence-electron chi connectivity index (χ1n) is 8.32.